The minimum atomic E-state index is -0.804. The average Bonchev–Trinajstić information content (AvgIpc) is 3.19. The maximum atomic E-state index is 13.2. The largest absolute Gasteiger partial charge is 0.452 e. The summed E-state index contributed by atoms with van der Waals surface area (Å²) in [7, 11) is 0. The summed E-state index contributed by atoms with van der Waals surface area (Å²) in [5.41, 5.74) is 0.702. The van der Waals surface area contributed by atoms with Gasteiger partial charge in [-0.25, -0.2) is 9.18 Å². The van der Waals surface area contributed by atoms with Gasteiger partial charge in [-0.05, 0) is 43.2 Å². The SMILES string of the molecule is O=C(COC(=O)c1cccc(F)c1)Nc1ccccc1C(=O)NC1CCCC1. The van der Waals surface area contributed by atoms with Crippen LogP contribution in [-0.4, -0.2) is 30.4 Å². The molecule has 2 aromatic carbocycles. The van der Waals surface area contributed by atoms with E-state index in [9.17, 15) is 18.8 Å². The van der Waals surface area contributed by atoms with Gasteiger partial charge in [-0.3, -0.25) is 9.59 Å². The van der Waals surface area contributed by atoms with Crippen LogP contribution >= 0.6 is 0 Å². The summed E-state index contributed by atoms with van der Waals surface area (Å²) in [5.74, 6) is -2.21. The van der Waals surface area contributed by atoms with Crippen molar-refractivity contribution in [2.75, 3.05) is 11.9 Å². The third-order valence-corrected chi connectivity index (χ3v) is 4.53. The summed E-state index contributed by atoms with van der Waals surface area (Å²) in [6, 6.07) is 11.8. The number of hydrogen-bond acceptors (Lipinski definition) is 4. The van der Waals surface area contributed by atoms with E-state index in [0.717, 1.165) is 31.7 Å². The lowest BCUT2D eigenvalue weighted by Crippen LogP contribution is -2.33. The number of benzene rings is 2. The van der Waals surface area contributed by atoms with Crippen LogP contribution in [0.4, 0.5) is 10.1 Å². The van der Waals surface area contributed by atoms with Crippen molar-refractivity contribution in [1.82, 2.24) is 5.32 Å². The van der Waals surface area contributed by atoms with Crippen molar-refractivity contribution in [1.29, 1.82) is 0 Å². The number of carbonyl (C=O) groups is 3. The third-order valence-electron chi connectivity index (χ3n) is 4.53. The Morgan fingerprint density at radius 2 is 1.79 bits per heavy atom. The van der Waals surface area contributed by atoms with Gasteiger partial charge in [0.05, 0.1) is 16.8 Å². The fourth-order valence-corrected chi connectivity index (χ4v) is 3.14. The number of ether oxygens (including phenoxy) is 1. The second-order valence-corrected chi connectivity index (χ2v) is 6.64. The van der Waals surface area contributed by atoms with E-state index >= 15 is 0 Å². The molecule has 6 nitrogen and oxygen atoms in total. The standard InChI is InChI=1S/C21H21FN2O4/c22-15-7-5-6-14(12-15)21(27)28-13-19(25)24-18-11-4-3-10-17(18)20(26)23-16-8-1-2-9-16/h3-7,10-12,16H,1-2,8-9,13H2,(H,23,26)(H,24,25). The van der Waals surface area contributed by atoms with E-state index in [2.05, 4.69) is 10.6 Å². The van der Waals surface area contributed by atoms with Gasteiger partial charge in [0.15, 0.2) is 6.61 Å². The van der Waals surface area contributed by atoms with E-state index in [1.165, 1.54) is 18.2 Å². The number of nitrogens with one attached hydrogen (secondary N) is 2. The van der Waals surface area contributed by atoms with E-state index in [0.29, 0.717) is 11.3 Å². The first kappa shape index (κ1) is 19.5. The van der Waals surface area contributed by atoms with E-state index in [4.69, 9.17) is 4.74 Å². The zero-order valence-corrected chi connectivity index (χ0v) is 15.2. The number of halogens is 1. The summed E-state index contributed by atoms with van der Waals surface area (Å²) in [6.07, 6.45) is 4.10. The summed E-state index contributed by atoms with van der Waals surface area (Å²) in [4.78, 5) is 36.5. The van der Waals surface area contributed by atoms with Gasteiger partial charge in [-0.1, -0.05) is 31.0 Å². The molecular weight excluding hydrogens is 363 g/mol. The second kappa shape index (κ2) is 9.12. The molecule has 0 aliphatic heterocycles. The molecule has 1 saturated carbocycles. The van der Waals surface area contributed by atoms with E-state index < -0.39 is 24.3 Å². The Bertz CT molecular complexity index is 878. The van der Waals surface area contributed by atoms with Gasteiger partial charge in [-0.15, -0.1) is 0 Å². The Balaban J connectivity index is 1.58. The van der Waals surface area contributed by atoms with Gasteiger partial charge < -0.3 is 15.4 Å². The van der Waals surface area contributed by atoms with Gasteiger partial charge in [0.2, 0.25) is 0 Å². The minimum absolute atomic E-state index is 0.0177. The Kier molecular flexibility index (Phi) is 6.37. The smallest absolute Gasteiger partial charge is 0.338 e. The van der Waals surface area contributed by atoms with Crippen molar-refractivity contribution in [3.8, 4) is 0 Å². The fraction of sp³-hybridized carbons (Fsp3) is 0.286. The number of amides is 2. The lowest BCUT2D eigenvalue weighted by molar-refractivity contribution is -0.119. The number of carbonyl (C=O) groups excluding carboxylic acids is 3. The molecule has 0 bridgehead atoms. The lowest BCUT2D eigenvalue weighted by atomic mass is 10.1. The Hall–Kier alpha value is -3.22. The normalized spacial score (nSPS) is 13.8. The number of para-hydroxylation sites is 1. The van der Waals surface area contributed by atoms with Crippen LogP contribution in [0.1, 0.15) is 46.4 Å². The van der Waals surface area contributed by atoms with Crippen LogP contribution in [-0.2, 0) is 9.53 Å². The Labute approximate surface area is 162 Å². The first-order valence-corrected chi connectivity index (χ1v) is 9.15. The maximum Gasteiger partial charge on any atom is 0.338 e. The van der Waals surface area contributed by atoms with Crippen molar-refractivity contribution in [2.45, 2.75) is 31.7 Å². The molecule has 3 rings (SSSR count). The molecule has 0 saturated heterocycles. The molecule has 2 N–H and O–H groups in total. The topological polar surface area (TPSA) is 84.5 Å². The van der Waals surface area contributed by atoms with Crippen molar-refractivity contribution in [3.05, 3.63) is 65.5 Å². The monoisotopic (exact) mass is 384 g/mol. The maximum absolute atomic E-state index is 13.2. The zero-order chi connectivity index (χ0) is 19.9. The van der Waals surface area contributed by atoms with Crippen LogP contribution in [0.5, 0.6) is 0 Å². The van der Waals surface area contributed by atoms with E-state index in [-0.39, 0.29) is 17.5 Å². The van der Waals surface area contributed by atoms with Crippen LogP contribution in [0, 0.1) is 5.82 Å². The summed E-state index contributed by atoms with van der Waals surface area (Å²) in [6.45, 7) is -0.548. The molecule has 0 radical (unpaired) electrons. The first-order chi connectivity index (χ1) is 13.5. The molecule has 146 valence electrons. The summed E-state index contributed by atoms with van der Waals surface area (Å²) < 4.78 is 18.1. The van der Waals surface area contributed by atoms with Crippen LogP contribution in [0.25, 0.3) is 0 Å². The first-order valence-electron chi connectivity index (χ1n) is 9.15. The summed E-state index contributed by atoms with van der Waals surface area (Å²) >= 11 is 0. The van der Waals surface area contributed by atoms with E-state index in [1.54, 1.807) is 24.3 Å². The Morgan fingerprint density at radius 1 is 1.04 bits per heavy atom. The molecule has 0 spiro atoms. The molecule has 2 aromatic rings. The second-order valence-electron chi connectivity index (χ2n) is 6.64. The number of hydrogen-bond donors (Lipinski definition) is 2. The van der Waals surface area contributed by atoms with E-state index in [1.807, 2.05) is 0 Å². The Morgan fingerprint density at radius 3 is 2.54 bits per heavy atom. The third kappa shape index (κ3) is 5.16. The van der Waals surface area contributed by atoms with Gasteiger partial charge in [0.25, 0.3) is 11.8 Å². The van der Waals surface area contributed by atoms with Crippen molar-refractivity contribution < 1.29 is 23.5 Å². The molecule has 2 amide bonds. The molecule has 1 fully saturated rings. The molecule has 0 atom stereocenters. The predicted octanol–water partition coefficient (Wildman–Crippen LogP) is 3.29. The molecular formula is C21H21FN2O4. The van der Waals surface area contributed by atoms with Gasteiger partial charge >= 0.3 is 5.97 Å². The fourth-order valence-electron chi connectivity index (χ4n) is 3.14. The molecule has 0 aromatic heterocycles. The van der Waals surface area contributed by atoms with Crippen LogP contribution in [0.15, 0.2) is 48.5 Å². The number of anilines is 1. The molecule has 1 aliphatic rings. The highest BCUT2D eigenvalue weighted by molar-refractivity contribution is 6.04. The van der Waals surface area contributed by atoms with Crippen LogP contribution < -0.4 is 10.6 Å². The summed E-state index contributed by atoms with van der Waals surface area (Å²) in [5, 5.41) is 5.56. The highest BCUT2D eigenvalue weighted by Crippen LogP contribution is 2.20. The predicted molar refractivity (Wildman–Crippen MR) is 101 cm³/mol. The van der Waals surface area contributed by atoms with Crippen LogP contribution in [0.2, 0.25) is 0 Å². The van der Waals surface area contributed by atoms with Crippen molar-refractivity contribution in [3.63, 3.8) is 0 Å². The average molecular weight is 384 g/mol. The zero-order valence-electron chi connectivity index (χ0n) is 15.2. The number of esters is 1. The lowest BCUT2D eigenvalue weighted by Gasteiger charge is -2.15. The van der Waals surface area contributed by atoms with Gasteiger partial charge in [0.1, 0.15) is 5.82 Å². The van der Waals surface area contributed by atoms with Gasteiger partial charge in [0, 0.05) is 6.04 Å². The molecule has 0 heterocycles. The molecule has 28 heavy (non-hydrogen) atoms. The van der Waals surface area contributed by atoms with Crippen LogP contribution in [0.3, 0.4) is 0 Å². The van der Waals surface area contributed by atoms with Gasteiger partial charge in [-0.2, -0.15) is 0 Å². The highest BCUT2D eigenvalue weighted by Gasteiger charge is 2.20. The minimum Gasteiger partial charge on any atom is -0.452 e. The molecule has 1 aliphatic carbocycles. The quantitative estimate of drug-likeness (QED) is 0.749. The molecule has 7 heteroatoms. The number of rotatable bonds is 6. The molecule has 0 unspecified atom stereocenters. The van der Waals surface area contributed by atoms with Crippen molar-refractivity contribution in [2.24, 2.45) is 0 Å². The van der Waals surface area contributed by atoms with Crippen molar-refractivity contribution >= 4 is 23.5 Å². The highest BCUT2D eigenvalue weighted by atomic mass is 19.1.